The van der Waals surface area contributed by atoms with Crippen molar-refractivity contribution >= 4 is 5.78 Å². The molecule has 0 rings (SSSR count). The smallest absolute Gasteiger partial charge is 0.155 e. The summed E-state index contributed by atoms with van der Waals surface area (Å²) in [6.45, 7) is 5.01. The molecular weight excluding hydrogens is 128 g/mol. The molecular formula is C8H14O2. The lowest BCUT2D eigenvalue weighted by Crippen LogP contribution is -1.92. The minimum atomic E-state index is 0.153. The van der Waals surface area contributed by atoms with Gasteiger partial charge < -0.3 is 4.74 Å². The topological polar surface area (TPSA) is 26.3 Å². The van der Waals surface area contributed by atoms with Crippen molar-refractivity contribution in [1.82, 2.24) is 0 Å². The Morgan fingerprint density at radius 3 is 2.70 bits per heavy atom. The molecule has 0 fully saturated rings. The first-order valence-corrected chi connectivity index (χ1v) is 3.58. The molecule has 0 unspecified atom stereocenters. The molecule has 2 nitrogen and oxygen atoms in total. The van der Waals surface area contributed by atoms with Crippen LogP contribution in [0, 0.1) is 0 Å². The molecule has 0 aliphatic rings. The van der Waals surface area contributed by atoms with Crippen molar-refractivity contribution in [3.8, 4) is 0 Å². The number of hydrogen-bond acceptors (Lipinski definition) is 2. The van der Waals surface area contributed by atoms with E-state index in [0.29, 0.717) is 19.6 Å². The summed E-state index contributed by atoms with van der Waals surface area (Å²) >= 11 is 0. The summed E-state index contributed by atoms with van der Waals surface area (Å²) in [6, 6.07) is 0. The van der Waals surface area contributed by atoms with Crippen molar-refractivity contribution in [2.75, 3.05) is 13.2 Å². The standard InChI is InChI=1S/C8H14O2/c1-3-8(9)6-5-7-10-4-2/h5-6H,3-4,7H2,1-2H3. The Hall–Kier alpha value is -0.630. The second-order valence-electron chi connectivity index (χ2n) is 1.88. The minimum Gasteiger partial charge on any atom is -0.378 e. The Kier molecular flexibility index (Phi) is 6.08. The van der Waals surface area contributed by atoms with Crippen molar-refractivity contribution in [3.05, 3.63) is 12.2 Å². The summed E-state index contributed by atoms with van der Waals surface area (Å²) < 4.78 is 4.99. The van der Waals surface area contributed by atoms with Crippen LogP contribution in [0.3, 0.4) is 0 Å². The zero-order valence-corrected chi connectivity index (χ0v) is 6.59. The predicted octanol–water partition coefficient (Wildman–Crippen LogP) is 1.56. The Labute approximate surface area is 61.9 Å². The molecule has 0 atom stereocenters. The molecule has 0 N–H and O–H groups in total. The quantitative estimate of drug-likeness (QED) is 0.430. The van der Waals surface area contributed by atoms with E-state index in [9.17, 15) is 4.79 Å². The summed E-state index contributed by atoms with van der Waals surface area (Å²) in [7, 11) is 0. The largest absolute Gasteiger partial charge is 0.378 e. The maximum Gasteiger partial charge on any atom is 0.155 e. The summed E-state index contributed by atoms with van der Waals surface area (Å²) in [5.41, 5.74) is 0. The van der Waals surface area contributed by atoms with E-state index >= 15 is 0 Å². The third-order valence-electron chi connectivity index (χ3n) is 1.07. The first-order valence-electron chi connectivity index (χ1n) is 3.58. The van der Waals surface area contributed by atoms with Crippen molar-refractivity contribution in [3.63, 3.8) is 0 Å². The molecule has 0 radical (unpaired) electrons. The first kappa shape index (κ1) is 9.37. The normalized spacial score (nSPS) is 10.6. The molecule has 10 heavy (non-hydrogen) atoms. The fraction of sp³-hybridized carbons (Fsp3) is 0.625. The summed E-state index contributed by atoms with van der Waals surface area (Å²) in [4.78, 5) is 10.6. The molecule has 0 bridgehead atoms. The van der Waals surface area contributed by atoms with E-state index in [0.717, 1.165) is 0 Å². The number of carbonyl (C=O) groups excluding carboxylic acids is 1. The monoisotopic (exact) mass is 142 g/mol. The average Bonchev–Trinajstić information content (AvgIpc) is 1.98. The Morgan fingerprint density at radius 2 is 2.20 bits per heavy atom. The fourth-order valence-corrected chi connectivity index (χ4v) is 0.483. The molecule has 2 heteroatoms. The number of allylic oxidation sites excluding steroid dienone is 1. The van der Waals surface area contributed by atoms with Crippen molar-refractivity contribution in [2.45, 2.75) is 20.3 Å². The lowest BCUT2D eigenvalue weighted by Gasteiger charge is -1.91. The molecule has 0 amide bonds. The Morgan fingerprint density at radius 1 is 1.50 bits per heavy atom. The lowest BCUT2D eigenvalue weighted by molar-refractivity contribution is -0.114. The van der Waals surface area contributed by atoms with Gasteiger partial charge in [0.2, 0.25) is 0 Å². The van der Waals surface area contributed by atoms with Gasteiger partial charge in [0.15, 0.2) is 5.78 Å². The molecule has 0 aliphatic carbocycles. The van der Waals surface area contributed by atoms with Gasteiger partial charge in [-0.3, -0.25) is 4.79 Å². The van der Waals surface area contributed by atoms with E-state index in [2.05, 4.69) is 0 Å². The van der Waals surface area contributed by atoms with Crippen LogP contribution in [0.4, 0.5) is 0 Å². The van der Waals surface area contributed by atoms with Crippen molar-refractivity contribution < 1.29 is 9.53 Å². The van der Waals surface area contributed by atoms with E-state index in [-0.39, 0.29) is 5.78 Å². The van der Waals surface area contributed by atoms with Crippen LogP contribution in [0.15, 0.2) is 12.2 Å². The number of ether oxygens (including phenoxy) is 1. The van der Waals surface area contributed by atoms with E-state index in [1.54, 1.807) is 12.2 Å². The first-order chi connectivity index (χ1) is 4.81. The van der Waals surface area contributed by atoms with Gasteiger partial charge in [-0.2, -0.15) is 0 Å². The number of hydrogen-bond donors (Lipinski definition) is 0. The predicted molar refractivity (Wildman–Crippen MR) is 40.9 cm³/mol. The Bertz CT molecular complexity index is 116. The van der Waals surface area contributed by atoms with E-state index in [4.69, 9.17) is 4.74 Å². The number of rotatable bonds is 5. The summed E-state index contributed by atoms with van der Waals surface area (Å²) in [5.74, 6) is 0.153. The molecule has 0 saturated heterocycles. The van der Waals surface area contributed by atoms with Crippen LogP contribution >= 0.6 is 0 Å². The molecule has 0 aromatic heterocycles. The van der Waals surface area contributed by atoms with Crippen LogP contribution in [-0.2, 0) is 9.53 Å². The van der Waals surface area contributed by atoms with Gasteiger partial charge in [0.05, 0.1) is 6.61 Å². The van der Waals surface area contributed by atoms with Gasteiger partial charge in [-0.05, 0) is 13.0 Å². The molecule has 0 spiro atoms. The van der Waals surface area contributed by atoms with Crippen molar-refractivity contribution in [2.24, 2.45) is 0 Å². The van der Waals surface area contributed by atoms with Gasteiger partial charge in [-0.15, -0.1) is 0 Å². The van der Waals surface area contributed by atoms with Gasteiger partial charge in [0, 0.05) is 13.0 Å². The van der Waals surface area contributed by atoms with Gasteiger partial charge in [-0.1, -0.05) is 13.0 Å². The van der Waals surface area contributed by atoms with Crippen LogP contribution in [0.25, 0.3) is 0 Å². The highest BCUT2D eigenvalue weighted by molar-refractivity contribution is 5.89. The fourth-order valence-electron chi connectivity index (χ4n) is 0.483. The van der Waals surface area contributed by atoms with Gasteiger partial charge >= 0.3 is 0 Å². The maximum atomic E-state index is 10.6. The molecule has 0 aliphatic heterocycles. The van der Waals surface area contributed by atoms with E-state index in [1.807, 2.05) is 13.8 Å². The van der Waals surface area contributed by atoms with Crippen LogP contribution < -0.4 is 0 Å². The van der Waals surface area contributed by atoms with E-state index in [1.165, 1.54) is 0 Å². The zero-order chi connectivity index (χ0) is 7.82. The maximum absolute atomic E-state index is 10.6. The minimum absolute atomic E-state index is 0.153. The Balaban J connectivity index is 3.27. The van der Waals surface area contributed by atoms with E-state index < -0.39 is 0 Å². The highest BCUT2D eigenvalue weighted by atomic mass is 16.5. The molecule has 58 valence electrons. The summed E-state index contributed by atoms with van der Waals surface area (Å²) in [5, 5.41) is 0. The lowest BCUT2D eigenvalue weighted by atomic mass is 10.3. The summed E-state index contributed by atoms with van der Waals surface area (Å²) in [6.07, 6.45) is 3.88. The van der Waals surface area contributed by atoms with Crippen LogP contribution in [0.1, 0.15) is 20.3 Å². The van der Waals surface area contributed by atoms with Crippen LogP contribution in [0.2, 0.25) is 0 Å². The third kappa shape index (κ3) is 5.51. The molecule has 0 heterocycles. The second-order valence-corrected chi connectivity index (χ2v) is 1.88. The van der Waals surface area contributed by atoms with Gasteiger partial charge in [0.25, 0.3) is 0 Å². The highest BCUT2D eigenvalue weighted by Gasteiger charge is 1.86. The molecule has 0 aromatic rings. The second kappa shape index (κ2) is 6.49. The van der Waals surface area contributed by atoms with Crippen molar-refractivity contribution in [1.29, 1.82) is 0 Å². The zero-order valence-electron chi connectivity index (χ0n) is 6.59. The number of carbonyl (C=O) groups is 1. The van der Waals surface area contributed by atoms with Crippen LogP contribution in [-0.4, -0.2) is 19.0 Å². The SMILES string of the molecule is CCOCC=CC(=O)CC. The van der Waals surface area contributed by atoms with Crippen LogP contribution in [0.5, 0.6) is 0 Å². The molecule has 0 aromatic carbocycles. The number of ketones is 1. The van der Waals surface area contributed by atoms with Gasteiger partial charge in [0.1, 0.15) is 0 Å². The average molecular weight is 142 g/mol. The third-order valence-corrected chi connectivity index (χ3v) is 1.07. The molecule has 0 saturated carbocycles. The highest BCUT2D eigenvalue weighted by Crippen LogP contribution is 1.83. The van der Waals surface area contributed by atoms with Gasteiger partial charge in [-0.25, -0.2) is 0 Å².